The Balaban J connectivity index is 1.16. The van der Waals surface area contributed by atoms with E-state index in [1.807, 2.05) is 0 Å². The molecular weight excluding hydrogens is 402 g/mol. The molecule has 4 bridgehead atoms. The zero-order valence-corrected chi connectivity index (χ0v) is 19.6. The minimum absolute atomic E-state index is 0.106. The topological polar surface area (TPSA) is 76.4 Å². The number of allylic oxidation sites excluding steroid dienone is 2. The molecule has 4 saturated carbocycles. The molecule has 6 rings (SSSR count). The molecule has 0 radical (unpaired) electrons. The first-order valence-corrected chi connectivity index (χ1v) is 13.1. The van der Waals surface area contributed by atoms with Gasteiger partial charge in [-0.3, -0.25) is 19.6 Å². The van der Waals surface area contributed by atoms with E-state index in [0.29, 0.717) is 42.1 Å². The number of β-amino-alcohol motifs (C(OH)–C–C–N with tert-alkyl or cyclic N) is 1. The van der Waals surface area contributed by atoms with Gasteiger partial charge in [0.2, 0.25) is 0 Å². The summed E-state index contributed by atoms with van der Waals surface area (Å²) in [6.45, 7) is 6.47. The fourth-order valence-corrected chi connectivity index (χ4v) is 7.98. The zero-order valence-electron chi connectivity index (χ0n) is 19.6. The largest absolute Gasteiger partial charge is 0.511 e. The summed E-state index contributed by atoms with van der Waals surface area (Å²) in [5.41, 5.74) is 0.772. The number of carbonyl (C=O) groups is 1. The van der Waals surface area contributed by atoms with Crippen molar-refractivity contribution in [3.05, 3.63) is 11.3 Å². The maximum absolute atomic E-state index is 13.0. The summed E-state index contributed by atoms with van der Waals surface area (Å²) in [7, 11) is 0. The first kappa shape index (κ1) is 22.5. The van der Waals surface area contributed by atoms with Gasteiger partial charge in [-0.05, 0) is 61.2 Å². The van der Waals surface area contributed by atoms with Gasteiger partial charge in [-0.2, -0.15) is 0 Å². The third-order valence-corrected chi connectivity index (χ3v) is 9.40. The number of piperazine rings is 1. The van der Waals surface area contributed by atoms with Gasteiger partial charge in [-0.1, -0.05) is 12.8 Å². The highest BCUT2D eigenvalue weighted by Crippen LogP contribution is 2.62. The second-order valence-electron chi connectivity index (χ2n) is 11.5. The van der Waals surface area contributed by atoms with Crippen LogP contribution in [0.3, 0.4) is 0 Å². The van der Waals surface area contributed by atoms with Crippen molar-refractivity contribution in [2.75, 3.05) is 52.4 Å². The molecule has 0 spiro atoms. The van der Waals surface area contributed by atoms with Crippen molar-refractivity contribution in [3.63, 3.8) is 0 Å². The lowest BCUT2D eigenvalue weighted by molar-refractivity contribution is -0.120. The molecule has 6 aliphatic rings. The smallest absolute Gasteiger partial charge is 0.168 e. The van der Waals surface area contributed by atoms with Crippen LogP contribution in [0.15, 0.2) is 16.3 Å². The normalized spacial score (nSPS) is 38.7. The van der Waals surface area contributed by atoms with Gasteiger partial charge in [0.15, 0.2) is 5.78 Å². The molecule has 6 nitrogen and oxygen atoms in total. The molecular formula is C26H41N3O3. The molecule has 1 heterocycles. The number of hydrogen-bond acceptors (Lipinski definition) is 6. The molecule has 3 unspecified atom stereocenters. The van der Waals surface area contributed by atoms with Crippen LogP contribution in [0, 0.1) is 29.1 Å². The lowest BCUT2D eigenvalue weighted by Gasteiger charge is -2.53. The minimum atomic E-state index is 0.106. The van der Waals surface area contributed by atoms with Crippen LogP contribution in [0.1, 0.15) is 57.8 Å². The Kier molecular flexibility index (Phi) is 6.73. The molecule has 32 heavy (non-hydrogen) atoms. The second-order valence-corrected chi connectivity index (χ2v) is 11.5. The highest BCUT2D eigenvalue weighted by molar-refractivity contribution is 6.14. The van der Waals surface area contributed by atoms with E-state index in [1.54, 1.807) is 6.21 Å². The lowest BCUT2D eigenvalue weighted by Crippen LogP contribution is -2.47. The first-order chi connectivity index (χ1) is 15.5. The van der Waals surface area contributed by atoms with Crippen LogP contribution in [0.25, 0.3) is 0 Å². The van der Waals surface area contributed by atoms with E-state index in [2.05, 4.69) is 14.8 Å². The zero-order chi connectivity index (χ0) is 22.1. The van der Waals surface area contributed by atoms with E-state index in [1.165, 1.54) is 44.9 Å². The average molecular weight is 444 g/mol. The summed E-state index contributed by atoms with van der Waals surface area (Å²) >= 11 is 0. The van der Waals surface area contributed by atoms with E-state index >= 15 is 0 Å². The van der Waals surface area contributed by atoms with E-state index in [0.717, 1.165) is 57.0 Å². The number of aliphatic hydroxyl groups excluding tert-OH is 2. The Morgan fingerprint density at radius 1 is 0.938 bits per heavy atom. The van der Waals surface area contributed by atoms with Gasteiger partial charge in [0.25, 0.3) is 0 Å². The Bertz CT molecular complexity index is 739. The van der Waals surface area contributed by atoms with Crippen LogP contribution in [0.5, 0.6) is 0 Å². The molecule has 6 heteroatoms. The first-order valence-electron chi connectivity index (χ1n) is 13.1. The van der Waals surface area contributed by atoms with Gasteiger partial charge in [0, 0.05) is 58.3 Å². The van der Waals surface area contributed by atoms with Crippen LogP contribution < -0.4 is 0 Å². The average Bonchev–Trinajstić information content (AvgIpc) is 2.99. The van der Waals surface area contributed by atoms with Gasteiger partial charge < -0.3 is 10.2 Å². The van der Waals surface area contributed by atoms with Crippen LogP contribution >= 0.6 is 0 Å². The van der Waals surface area contributed by atoms with E-state index in [-0.39, 0.29) is 12.4 Å². The number of hydrogen-bond donors (Lipinski definition) is 2. The number of nitrogens with zero attached hydrogens (tertiary/aromatic N) is 3. The molecule has 1 aliphatic heterocycles. The summed E-state index contributed by atoms with van der Waals surface area (Å²) in [5.74, 6) is 3.31. The SMILES string of the molecule is O=C1CC(C23CC4C[C@@H](CC[C@@H](C4)C2)C3)CC(O)=C1C=NCCN1CCN(CCO)CC1. The number of Topliss-reactive ketones (excluding diaryl/α,β-unsaturated/α-hetero) is 1. The van der Waals surface area contributed by atoms with Gasteiger partial charge in [0.1, 0.15) is 5.76 Å². The van der Waals surface area contributed by atoms with Crippen molar-refractivity contribution in [1.82, 2.24) is 9.80 Å². The summed E-state index contributed by atoms with van der Waals surface area (Å²) in [6, 6.07) is 0. The van der Waals surface area contributed by atoms with Gasteiger partial charge in [-0.25, -0.2) is 0 Å². The van der Waals surface area contributed by atoms with Crippen LogP contribution in [0.2, 0.25) is 0 Å². The highest BCUT2D eigenvalue weighted by Gasteiger charge is 2.53. The van der Waals surface area contributed by atoms with Crippen molar-refractivity contribution in [2.45, 2.75) is 57.8 Å². The fourth-order valence-electron chi connectivity index (χ4n) is 7.98. The fraction of sp³-hybridized carbons (Fsp3) is 0.846. The molecule has 2 N–H and O–H groups in total. The number of ketones is 1. The quantitative estimate of drug-likeness (QED) is 0.592. The lowest BCUT2D eigenvalue weighted by atomic mass is 9.52. The molecule has 5 atom stereocenters. The van der Waals surface area contributed by atoms with Crippen molar-refractivity contribution < 1.29 is 15.0 Å². The molecule has 178 valence electrons. The van der Waals surface area contributed by atoms with Crippen LogP contribution in [0.4, 0.5) is 0 Å². The van der Waals surface area contributed by atoms with Crippen molar-refractivity contribution in [2.24, 2.45) is 34.1 Å². The third-order valence-electron chi connectivity index (χ3n) is 9.40. The maximum Gasteiger partial charge on any atom is 0.168 e. The standard InChI is InChI=1S/C26H41N3O3/c30-10-9-29-7-5-28(6-8-29)4-3-27-18-23-24(31)13-22(14-25(23)32)26-15-19-1-2-20(16-26)12-21(11-19)17-26/h18-22,30-31H,1-17H2/t19-,20+,21?,22?,26?. The van der Waals surface area contributed by atoms with Crippen molar-refractivity contribution >= 4 is 12.0 Å². The minimum Gasteiger partial charge on any atom is -0.511 e. The van der Waals surface area contributed by atoms with E-state index in [4.69, 9.17) is 5.11 Å². The summed E-state index contributed by atoms with van der Waals surface area (Å²) < 4.78 is 0. The number of aliphatic imine (C=N–C) groups is 1. The number of carbonyl (C=O) groups excluding carboxylic acids is 1. The Morgan fingerprint density at radius 2 is 1.56 bits per heavy atom. The van der Waals surface area contributed by atoms with Crippen LogP contribution in [-0.2, 0) is 4.79 Å². The predicted octanol–water partition coefficient (Wildman–Crippen LogP) is 3.06. The van der Waals surface area contributed by atoms with Gasteiger partial charge >= 0.3 is 0 Å². The van der Waals surface area contributed by atoms with Crippen LogP contribution in [-0.4, -0.2) is 84.4 Å². The highest BCUT2D eigenvalue weighted by atomic mass is 16.3. The van der Waals surface area contributed by atoms with E-state index in [9.17, 15) is 9.90 Å². The van der Waals surface area contributed by atoms with Gasteiger partial charge in [-0.15, -0.1) is 0 Å². The Morgan fingerprint density at radius 3 is 2.19 bits per heavy atom. The molecule has 1 saturated heterocycles. The third kappa shape index (κ3) is 4.69. The predicted molar refractivity (Wildman–Crippen MR) is 126 cm³/mol. The summed E-state index contributed by atoms with van der Waals surface area (Å²) in [6.07, 6.45) is 12.4. The Hall–Kier alpha value is -1.24. The molecule has 0 amide bonds. The number of rotatable bonds is 7. The van der Waals surface area contributed by atoms with Crippen molar-refractivity contribution in [3.8, 4) is 0 Å². The molecule has 5 fully saturated rings. The Labute approximate surface area is 192 Å². The molecule has 0 aromatic rings. The molecule has 0 aromatic carbocycles. The van der Waals surface area contributed by atoms with E-state index < -0.39 is 0 Å². The maximum atomic E-state index is 13.0. The number of aliphatic hydroxyl groups is 2. The number of fused-ring (bicyclic) bond motifs is 1. The van der Waals surface area contributed by atoms with Gasteiger partial charge in [0.05, 0.1) is 18.7 Å². The second kappa shape index (κ2) is 9.55. The molecule has 5 aliphatic carbocycles. The molecule has 0 aromatic heterocycles. The van der Waals surface area contributed by atoms with Crippen molar-refractivity contribution in [1.29, 1.82) is 0 Å². The summed E-state index contributed by atoms with van der Waals surface area (Å²) in [5, 5.41) is 19.9. The summed E-state index contributed by atoms with van der Waals surface area (Å²) in [4.78, 5) is 22.2. The monoisotopic (exact) mass is 443 g/mol.